The summed E-state index contributed by atoms with van der Waals surface area (Å²) in [5.74, 6) is 0.415. The predicted molar refractivity (Wildman–Crippen MR) is 74.2 cm³/mol. The zero-order valence-corrected chi connectivity index (χ0v) is 11.5. The van der Waals surface area contributed by atoms with E-state index in [-0.39, 0.29) is 18.1 Å². The van der Waals surface area contributed by atoms with Gasteiger partial charge in [-0.3, -0.25) is 0 Å². The lowest BCUT2D eigenvalue weighted by Gasteiger charge is -2.29. The first-order valence-electron chi connectivity index (χ1n) is 6.70. The molecule has 1 aliphatic carbocycles. The number of nitrogens with one attached hydrogen (secondary N) is 1. The zero-order chi connectivity index (χ0) is 13.8. The predicted octanol–water partition coefficient (Wildman–Crippen LogP) is 1.86. The highest BCUT2D eigenvalue weighted by Crippen LogP contribution is 2.21. The lowest BCUT2D eigenvalue weighted by Crippen LogP contribution is -2.42. The second-order valence-corrected chi connectivity index (χ2v) is 5.02. The highest BCUT2D eigenvalue weighted by atomic mass is 16.5. The normalized spacial score (nSPS) is 22.9. The molecule has 104 valence electrons. The molecule has 0 aliphatic heterocycles. The average Bonchev–Trinajstić information content (AvgIpc) is 2.41. The van der Waals surface area contributed by atoms with Crippen LogP contribution in [0.1, 0.15) is 41.7 Å². The molecule has 0 spiro atoms. The van der Waals surface area contributed by atoms with E-state index in [1.165, 1.54) is 20.0 Å². The molecule has 1 aromatic rings. The molecule has 0 radical (unpaired) electrons. The third kappa shape index (κ3) is 3.23. The average molecular weight is 263 g/mol. The van der Waals surface area contributed by atoms with Crippen molar-refractivity contribution < 1.29 is 9.53 Å². The van der Waals surface area contributed by atoms with Crippen LogP contribution < -0.4 is 11.1 Å². The Kier molecular flexibility index (Phi) is 4.37. The summed E-state index contributed by atoms with van der Waals surface area (Å²) in [6, 6.07) is 3.99. The first kappa shape index (κ1) is 13.8. The molecule has 5 heteroatoms. The SMILES string of the molecule is COC(=O)c1ccc(NC2CCCCC2N)nc1C. The number of pyridine rings is 1. The Balaban J connectivity index is 2.09. The number of rotatable bonds is 3. The van der Waals surface area contributed by atoms with E-state index in [4.69, 9.17) is 10.5 Å². The fourth-order valence-corrected chi connectivity index (χ4v) is 2.50. The monoisotopic (exact) mass is 263 g/mol. The summed E-state index contributed by atoms with van der Waals surface area (Å²) < 4.78 is 4.70. The van der Waals surface area contributed by atoms with Gasteiger partial charge in [0.1, 0.15) is 5.82 Å². The van der Waals surface area contributed by atoms with Crippen molar-refractivity contribution in [2.24, 2.45) is 5.73 Å². The first-order chi connectivity index (χ1) is 9.11. The van der Waals surface area contributed by atoms with Crippen molar-refractivity contribution in [1.82, 2.24) is 4.98 Å². The number of nitrogens with zero attached hydrogens (tertiary/aromatic N) is 1. The van der Waals surface area contributed by atoms with Crippen molar-refractivity contribution in [2.45, 2.75) is 44.7 Å². The number of methoxy groups -OCH3 is 1. The Morgan fingerprint density at radius 3 is 2.79 bits per heavy atom. The van der Waals surface area contributed by atoms with Crippen molar-refractivity contribution in [3.8, 4) is 0 Å². The van der Waals surface area contributed by atoms with Crippen LogP contribution in [-0.2, 0) is 4.74 Å². The second-order valence-electron chi connectivity index (χ2n) is 5.02. The van der Waals surface area contributed by atoms with E-state index in [0.717, 1.165) is 18.7 Å². The van der Waals surface area contributed by atoms with Gasteiger partial charge in [-0.1, -0.05) is 12.8 Å². The number of hydrogen-bond acceptors (Lipinski definition) is 5. The number of carbonyl (C=O) groups excluding carboxylic acids is 1. The van der Waals surface area contributed by atoms with Crippen LogP contribution in [0.3, 0.4) is 0 Å². The fourth-order valence-electron chi connectivity index (χ4n) is 2.50. The first-order valence-corrected chi connectivity index (χ1v) is 6.70. The van der Waals surface area contributed by atoms with E-state index in [1.807, 2.05) is 0 Å². The smallest absolute Gasteiger partial charge is 0.339 e. The Bertz CT molecular complexity index is 462. The molecule has 2 rings (SSSR count). The fraction of sp³-hybridized carbons (Fsp3) is 0.571. The highest BCUT2D eigenvalue weighted by molar-refractivity contribution is 5.90. The summed E-state index contributed by atoms with van der Waals surface area (Å²) in [4.78, 5) is 15.9. The topological polar surface area (TPSA) is 77.2 Å². The van der Waals surface area contributed by atoms with E-state index < -0.39 is 0 Å². The molecule has 0 saturated heterocycles. The largest absolute Gasteiger partial charge is 0.465 e. The molecular weight excluding hydrogens is 242 g/mol. The van der Waals surface area contributed by atoms with Gasteiger partial charge < -0.3 is 15.8 Å². The van der Waals surface area contributed by atoms with Crippen LogP contribution in [0.15, 0.2) is 12.1 Å². The van der Waals surface area contributed by atoms with Crippen LogP contribution >= 0.6 is 0 Å². The molecule has 1 aromatic heterocycles. The number of nitrogens with two attached hydrogens (primary N) is 1. The second kappa shape index (κ2) is 6.02. The molecule has 1 aliphatic rings. The molecule has 1 fully saturated rings. The molecular formula is C14H21N3O2. The Morgan fingerprint density at radius 2 is 2.16 bits per heavy atom. The summed E-state index contributed by atoms with van der Waals surface area (Å²) >= 11 is 0. The van der Waals surface area contributed by atoms with Gasteiger partial charge in [0, 0.05) is 12.1 Å². The lowest BCUT2D eigenvalue weighted by molar-refractivity contribution is 0.0599. The van der Waals surface area contributed by atoms with E-state index in [1.54, 1.807) is 19.1 Å². The molecule has 0 bridgehead atoms. The van der Waals surface area contributed by atoms with Gasteiger partial charge in [-0.15, -0.1) is 0 Å². The maximum Gasteiger partial charge on any atom is 0.339 e. The Hall–Kier alpha value is -1.62. The number of aryl methyl sites for hydroxylation is 1. The van der Waals surface area contributed by atoms with Crippen LogP contribution in [0.5, 0.6) is 0 Å². The van der Waals surface area contributed by atoms with Crippen molar-refractivity contribution in [1.29, 1.82) is 0 Å². The van der Waals surface area contributed by atoms with Crippen LogP contribution in [0, 0.1) is 6.92 Å². The molecule has 2 unspecified atom stereocenters. The van der Waals surface area contributed by atoms with Gasteiger partial charge in [0.25, 0.3) is 0 Å². The minimum atomic E-state index is -0.356. The maximum atomic E-state index is 11.5. The van der Waals surface area contributed by atoms with Crippen molar-refractivity contribution in [3.63, 3.8) is 0 Å². The number of carbonyl (C=O) groups is 1. The quantitative estimate of drug-likeness (QED) is 0.814. The van der Waals surface area contributed by atoms with Gasteiger partial charge in [-0.2, -0.15) is 0 Å². The van der Waals surface area contributed by atoms with Crippen LogP contribution in [0.25, 0.3) is 0 Å². The zero-order valence-electron chi connectivity index (χ0n) is 11.5. The molecule has 0 amide bonds. The van der Waals surface area contributed by atoms with Gasteiger partial charge in [0.2, 0.25) is 0 Å². The molecule has 19 heavy (non-hydrogen) atoms. The van der Waals surface area contributed by atoms with E-state index in [0.29, 0.717) is 11.3 Å². The molecule has 1 heterocycles. The lowest BCUT2D eigenvalue weighted by atomic mass is 9.91. The minimum Gasteiger partial charge on any atom is -0.465 e. The number of esters is 1. The molecule has 0 aromatic carbocycles. The van der Waals surface area contributed by atoms with Crippen molar-refractivity contribution in [2.75, 3.05) is 12.4 Å². The molecule has 2 atom stereocenters. The van der Waals surface area contributed by atoms with E-state index in [2.05, 4.69) is 10.3 Å². The van der Waals surface area contributed by atoms with Gasteiger partial charge in [-0.05, 0) is 31.9 Å². The van der Waals surface area contributed by atoms with Gasteiger partial charge >= 0.3 is 5.97 Å². The van der Waals surface area contributed by atoms with Gasteiger partial charge in [0.05, 0.1) is 18.4 Å². The van der Waals surface area contributed by atoms with Gasteiger partial charge in [-0.25, -0.2) is 9.78 Å². The van der Waals surface area contributed by atoms with Crippen molar-refractivity contribution >= 4 is 11.8 Å². The summed E-state index contributed by atoms with van der Waals surface area (Å²) in [6.45, 7) is 1.80. The maximum absolute atomic E-state index is 11.5. The Labute approximate surface area is 113 Å². The summed E-state index contributed by atoms with van der Waals surface area (Å²) in [5, 5.41) is 3.37. The molecule has 5 nitrogen and oxygen atoms in total. The minimum absolute atomic E-state index is 0.177. The molecule has 3 N–H and O–H groups in total. The standard InChI is InChI=1S/C14H21N3O2/c1-9-10(14(18)19-2)7-8-13(16-9)17-12-6-4-3-5-11(12)15/h7-8,11-12H,3-6,15H2,1-2H3,(H,16,17). The van der Waals surface area contributed by atoms with Gasteiger partial charge in [0.15, 0.2) is 0 Å². The van der Waals surface area contributed by atoms with Crippen LogP contribution in [0.4, 0.5) is 5.82 Å². The third-order valence-electron chi connectivity index (χ3n) is 3.64. The summed E-state index contributed by atoms with van der Waals surface area (Å²) in [7, 11) is 1.37. The van der Waals surface area contributed by atoms with Crippen LogP contribution in [-0.4, -0.2) is 30.1 Å². The third-order valence-corrected chi connectivity index (χ3v) is 3.64. The number of aromatic nitrogens is 1. The highest BCUT2D eigenvalue weighted by Gasteiger charge is 2.22. The number of ether oxygens (including phenoxy) is 1. The number of anilines is 1. The van der Waals surface area contributed by atoms with E-state index >= 15 is 0 Å². The Morgan fingerprint density at radius 1 is 1.42 bits per heavy atom. The summed E-state index contributed by atoms with van der Waals surface area (Å²) in [5.41, 5.74) is 7.27. The van der Waals surface area contributed by atoms with Crippen molar-refractivity contribution in [3.05, 3.63) is 23.4 Å². The van der Waals surface area contributed by atoms with E-state index in [9.17, 15) is 4.79 Å². The summed E-state index contributed by atoms with van der Waals surface area (Å²) in [6.07, 6.45) is 4.52. The number of hydrogen-bond donors (Lipinski definition) is 2. The van der Waals surface area contributed by atoms with Crippen LogP contribution in [0.2, 0.25) is 0 Å². The molecule has 1 saturated carbocycles.